The standard InChI is InChI=1S/C18H19FN2O.C14H16F3N.2C2H6/c19-17-7-2-1-6-16(17)18(20-11-13-8-9-13)14-4-3-5-15(10-14)21-12-22;1-4-12-6-5-7-13(9-12)18-11(3)8-10(2)14(15,16)17;2*1-2/h1-7,10,12-13,18,20H,8-9,11H2,(H,21,22);5-9,18H,2,4H2,1,3H3;2*1-2H3/b;11-8-;;. The number of carbonyl (C=O) groups excluding carboxylic acids is 1. The topological polar surface area (TPSA) is 53.2 Å². The van der Waals surface area contributed by atoms with E-state index >= 15 is 0 Å². The van der Waals surface area contributed by atoms with Crippen LogP contribution < -0.4 is 16.0 Å². The Bertz CT molecular complexity index is 1320. The molecule has 0 bridgehead atoms. The number of hydrogen-bond donors (Lipinski definition) is 3. The minimum Gasteiger partial charge on any atom is -0.359 e. The maximum Gasteiger partial charge on any atom is 0.415 e. The molecule has 4 nitrogen and oxygen atoms in total. The van der Waals surface area contributed by atoms with Crippen LogP contribution in [-0.2, 0) is 11.2 Å². The van der Waals surface area contributed by atoms with Crippen LogP contribution in [0.15, 0.2) is 96.7 Å². The van der Waals surface area contributed by atoms with Gasteiger partial charge in [-0.2, -0.15) is 13.2 Å². The number of halogens is 4. The first-order valence-electron chi connectivity index (χ1n) is 15.2. The van der Waals surface area contributed by atoms with Crippen molar-refractivity contribution in [2.75, 3.05) is 17.2 Å². The maximum atomic E-state index is 14.2. The molecule has 1 fully saturated rings. The molecule has 1 aliphatic rings. The second kappa shape index (κ2) is 20.1. The number of amides is 1. The third-order valence-electron chi connectivity index (χ3n) is 6.40. The first kappa shape index (κ1) is 38.1. The Balaban J connectivity index is 0.000000403. The Morgan fingerprint density at radius 3 is 2.18 bits per heavy atom. The molecule has 8 heteroatoms. The van der Waals surface area contributed by atoms with Gasteiger partial charge in [-0.15, -0.1) is 0 Å². The van der Waals surface area contributed by atoms with Crippen LogP contribution >= 0.6 is 0 Å². The molecular weight excluding hydrogens is 566 g/mol. The Morgan fingerprint density at radius 2 is 1.59 bits per heavy atom. The number of alkyl halides is 3. The van der Waals surface area contributed by atoms with Crippen LogP contribution in [-0.4, -0.2) is 19.1 Å². The molecule has 0 spiro atoms. The van der Waals surface area contributed by atoms with Crippen molar-refractivity contribution in [1.29, 1.82) is 0 Å². The van der Waals surface area contributed by atoms with E-state index in [0.29, 0.717) is 29.3 Å². The lowest BCUT2D eigenvalue weighted by molar-refractivity contribution is -0.105. The van der Waals surface area contributed by atoms with Gasteiger partial charge in [-0.1, -0.05) is 83.7 Å². The van der Waals surface area contributed by atoms with Crippen molar-refractivity contribution in [1.82, 2.24) is 5.32 Å². The molecule has 0 aromatic heterocycles. The Morgan fingerprint density at radius 1 is 0.955 bits per heavy atom. The fourth-order valence-corrected chi connectivity index (χ4v) is 4.08. The van der Waals surface area contributed by atoms with E-state index < -0.39 is 11.7 Å². The van der Waals surface area contributed by atoms with Crippen molar-refractivity contribution < 1.29 is 22.4 Å². The van der Waals surface area contributed by atoms with E-state index in [1.807, 2.05) is 89.2 Å². The van der Waals surface area contributed by atoms with Crippen LogP contribution in [0.1, 0.15) is 77.1 Å². The second-order valence-corrected chi connectivity index (χ2v) is 9.72. The summed E-state index contributed by atoms with van der Waals surface area (Å²) in [5, 5.41) is 9.03. The van der Waals surface area contributed by atoms with Gasteiger partial charge in [-0.25, -0.2) is 4.39 Å². The third-order valence-corrected chi connectivity index (χ3v) is 6.40. The van der Waals surface area contributed by atoms with Gasteiger partial charge in [0.1, 0.15) is 5.82 Å². The summed E-state index contributed by atoms with van der Waals surface area (Å²) < 4.78 is 51.1. The van der Waals surface area contributed by atoms with Crippen molar-refractivity contribution in [3.05, 3.63) is 119 Å². The van der Waals surface area contributed by atoms with Crippen molar-refractivity contribution >= 4 is 17.8 Å². The van der Waals surface area contributed by atoms with E-state index in [1.165, 1.54) is 18.9 Å². The molecule has 3 N–H and O–H groups in total. The van der Waals surface area contributed by atoms with Gasteiger partial charge >= 0.3 is 6.18 Å². The first-order chi connectivity index (χ1) is 21.1. The molecule has 1 aliphatic carbocycles. The summed E-state index contributed by atoms with van der Waals surface area (Å²) in [6.45, 7) is 15.5. The molecule has 0 saturated heterocycles. The zero-order valence-corrected chi connectivity index (χ0v) is 26.7. The molecule has 1 atom stereocenters. The lowest BCUT2D eigenvalue weighted by Crippen LogP contribution is -2.25. The zero-order valence-electron chi connectivity index (χ0n) is 26.7. The molecule has 1 saturated carbocycles. The maximum absolute atomic E-state index is 14.2. The van der Waals surface area contributed by atoms with Crippen molar-refractivity contribution in [3.63, 3.8) is 0 Å². The van der Waals surface area contributed by atoms with Gasteiger partial charge in [0.25, 0.3) is 0 Å². The first-order valence-corrected chi connectivity index (χ1v) is 15.2. The van der Waals surface area contributed by atoms with E-state index in [2.05, 4.69) is 22.5 Å². The summed E-state index contributed by atoms with van der Waals surface area (Å²) in [5.74, 6) is 0.482. The number of rotatable bonds is 11. The third kappa shape index (κ3) is 13.6. The summed E-state index contributed by atoms with van der Waals surface area (Å²) in [6, 6.07) is 21.7. The number of carbonyl (C=O) groups is 1. The smallest absolute Gasteiger partial charge is 0.359 e. The van der Waals surface area contributed by atoms with Crippen molar-refractivity contribution in [3.8, 4) is 0 Å². The van der Waals surface area contributed by atoms with Gasteiger partial charge in [-0.05, 0) is 86.2 Å². The van der Waals surface area contributed by atoms with Crippen molar-refractivity contribution in [2.45, 2.75) is 73.0 Å². The number of benzene rings is 3. The van der Waals surface area contributed by atoms with Crippen LogP contribution in [0.4, 0.5) is 28.9 Å². The fraction of sp³-hybridized carbons (Fsp3) is 0.361. The van der Waals surface area contributed by atoms with Gasteiger partial charge in [0.05, 0.1) is 11.6 Å². The lowest BCUT2D eigenvalue weighted by atomic mass is 9.97. The van der Waals surface area contributed by atoms with Gasteiger partial charge in [-0.3, -0.25) is 4.79 Å². The van der Waals surface area contributed by atoms with E-state index in [4.69, 9.17) is 0 Å². The number of allylic oxidation sites excluding steroid dienone is 3. The molecule has 0 radical (unpaired) electrons. The van der Waals surface area contributed by atoms with Crippen LogP contribution in [0.5, 0.6) is 0 Å². The molecule has 3 aromatic carbocycles. The van der Waals surface area contributed by atoms with E-state index in [-0.39, 0.29) is 11.9 Å². The van der Waals surface area contributed by atoms with E-state index in [9.17, 15) is 22.4 Å². The number of nitrogens with one attached hydrogen (secondary N) is 3. The van der Waals surface area contributed by atoms with Crippen LogP contribution in [0.2, 0.25) is 0 Å². The molecule has 44 heavy (non-hydrogen) atoms. The highest BCUT2D eigenvalue weighted by atomic mass is 19.4. The molecule has 0 heterocycles. The van der Waals surface area contributed by atoms with E-state index in [1.54, 1.807) is 19.1 Å². The van der Waals surface area contributed by atoms with Gasteiger partial charge in [0, 0.05) is 22.6 Å². The van der Waals surface area contributed by atoms with Gasteiger partial charge in [0.2, 0.25) is 6.41 Å². The highest BCUT2D eigenvalue weighted by Crippen LogP contribution is 2.31. The Hall–Kier alpha value is -3.91. The van der Waals surface area contributed by atoms with Gasteiger partial charge in [0.15, 0.2) is 0 Å². The predicted octanol–water partition coefficient (Wildman–Crippen LogP) is 10.2. The van der Waals surface area contributed by atoms with Gasteiger partial charge < -0.3 is 16.0 Å². The quantitative estimate of drug-likeness (QED) is 0.115. The zero-order chi connectivity index (χ0) is 33.1. The molecule has 3 aromatic rings. The average Bonchev–Trinajstić information content (AvgIpc) is 3.85. The highest BCUT2D eigenvalue weighted by molar-refractivity contribution is 5.71. The summed E-state index contributed by atoms with van der Waals surface area (Å²) >= 11 is 0. The molecule has 1 unspecified atom stereocenters. The Kier molecular flexibility index (Phi) is 17.4. The summed E-state index contributed by atoms with van der Waals surface area (Å²) in [7, 11) is 0. The molecule has 0 aliphatic heterocycles. The monoisotopic (exact) mass is 613 g/mol. The summed E-state index contributed by atoms with van der Waals surface area (Å²) in [5.41, 5.74) is 3.73. The minimum atomic E-state index is -4.38. The Labute approximate surface area is 260 Å². The number of aryl methyl sites for hydroxylation is 1. The average molecular weight is 614 g/mol. The largest absolute Gasteiger partial charge is 0.415 e. The number of anilines is 2. The molecular formula is C36H47F4N3O. The molecule has 4 rings (SSSR count). The normalized spacial score (nSPS) is 13.0. The van der Waals surface area contributed by atoms with Crippen molar-refractivity contribution in [2.24, 2.45) is 5.92 Å². The van der Waals surface area contributed by atoms with Crippen LogP contribution in [0.3, 0.4) is 0 Å². The molecule has 240 valence electrons. The highest BCUT2D eigenvalue weighted by Gasteiger charge is 2.30. The predicted molar refractivity (Wildman–Crippen MR) is 176 cm³/mol. The lowest BCUT2D eigenvalue weighted by Gasteiger charge is -2.21. The van der Waals surface area contributed by atoms with E-state index in [0.717, 1.165) is 35.9 Å². The minimum absolute atomic E-state index is 0.213. The fourth-order valence-electron chi connectivity index (χ4n) is 4.08. The SMILES string of the molecule is C=C(/C=C(/C)Nc1cccc(CC)c1)C(F)(F)F.CC.CC.O=CNc1cccc(C(NCC2CC2)c2ccccc2F)c1. The van der Waals surface area contributed by atoms with Crippen LogP contribution in [0.25, 0.3) is 0 Å². The summed E-state index contributed by atoms with van der Waals surface area (Å²) in [6.07, 6.45) is 0.628. The van der Waals surface area contributed by atoms with Crippen LogP contribution in [0, 0.1) is 11.7 Å². The summed E-state index contributed by atoms with van der Waals surface area (Å²) in [4.78, 5) is 10.6. The second-order valence-electron chi connectivity index (χ2n) is 9.72. The number of hydrogen-bond acceptors (Lipinski definition) is 3. The molecule has 1 amide bonds.